The maximum atomic E-state index is 14.1. The van der Waals surface area contributed by atoms with Gasteiger partial charge in [-0.15, -0.1) is 0 Å². The second-order valence-electron chi connectivity index (χ2n) is 7.97. The molecule has 158 valence electrons. The van der Waals surface area contributed by atoms with E-state index >= 15 is 0 Å². The first kappa shape index (κ1) is 20.5. The quantitative estimate of drug-likeness (QED) is 0.536. The highest BCUT2D eigenvalue weighted by Crippen LogP contribution is 2.45. The Morgan fingerprint density at radius 1 is 1.03 bits per heavy atom. The van der Waals surface area contributed by atoms with E-state index in [1.54, 1.807) is 12.1 Å². The van der Waals surface area contributed by atoms with Crippen LogP contribution in [0.4, 0.5) is 13.2 Å². The molecule has 4 nitrogen and oxygen atoms in total. The fraction of sp³-hybridized carbons (Fsp3) is 0.348. The fourth-order valence-corrected chi connectivity index (χ4v) is 4.03. The number of amides is 1. The van der Waals surface area contributed by atoms with Gasteiger partial charge in [-0.2, -0.15) is 0 Å². The minimum atomic E-state index is -0.594. The van der Waals surface area contributed by atoms with Gasteiger partial charge in [0.2, 0.25) is 6.41 Å². The van der Waals surface area contributed by atoms with Crippen molar-refractivity contribution in [2.45, 2.75) is 50.2 Å². The number of benzene rings is 2. The summed E-state index contributed by atoms with van der Waals surface area (Å²) in [5, 5.41) is 11.9. The van der Waals surface area contributed by atoms with E-state index in [4.69, 9.17) is 5.11 Å². The van der Waals surface area contributed by atoms with Crippen LogP contribution >= 0.6 is 0 Å². The number of carbonyl (C=O) groups is 1. The Hall–Kier alpha value is -2.80. The van der Waals surface area contributed by atoms with E-state index in [-0.39, 0.29) is 18.0 Å². The minimum absolute atomic E-state index is 0.174. The third kappa shape index (κ3) is 4.07. The standard InChI is InChI=1S/C18H14F3N.C5H9NO2/c19-12-6-4-11(5-7-12)17-16(10-2-1-3-10)14-8-13(20)9-15(21)18(14)22-17;7-3-6-4-1-5(8)2-4/h4-10,22H,1-3H2;3-5,8H,1-2H2,(H,6,7). The molecule has 2 aliphatic carbocycles. The van der Waals surface area contributed by atoms with Crippen molar-refractivity contribution in [3.8, 4) is 11.3 Å². The molecule has 2 aliphatic rings. The molecule has 2 saturated carbocycles. The van der Waals surface area contributed by atoms with Gasteiger partial charge in [-0.05, 0) is 73.1 Å². The summed E-state index contributed by atoms with van der Waals surface area (Å²) in [6.45, 7) is 0. The molecule has 1 heterocycles. The number of aliphatic hydroxyl groups excluding tert-OH is 1. The second kappa shape index (κ2) is 8.52. The summed E-state index contributed by atoms with van der Waals surface area (Å²) in [5.41, 5.74) is 2.83. The Labute approximate surface area is 172 Å². The predicted octanol–water partition coefficient (Wildman–Crippen LogP) is 4.78. The van der Waals surface area contributed by atoms with Crippen LogP contribution in [-0.2, 0) is 4.79 Å². The van der Waals surface area contributed by atoms with Gasteiger partial charge in [0.15, 0.2) is 0 Å². The highest BCUT2D eigenvalue weighted by Gasteiger charge is 2.28. The van der Waals surface area contributed by atoms with Crippen LogP contribution in [0.2, 0.25) is 0 Å². The van der Waals surface area contributed by atoms with Crippen molar-refractivity contribution in [2.75, 3.05) is 0 Å². The number of hydrogen-bond acceptors (Lipinski definition) is 2. The van der Waals surface area contributed by atoms with Crippen molar-refractivity contribution in [1.82, 2.24) is 10.3 Å². The molecule has 2 aromatic carbocycles. The molecule has 7 heteroatoms. The van der Waals surface area contributed by atoms with Crippen LogP contribution in [0, 0.1) is 17.5 Å². The molecule has 5 rings (SSSR count). The van der Waals surface area contributed by atoms with Gasteiger partial charge in [0.1, 0.15) is 17.5 Å². The number of hydrogen-bond donors (Lipinski definition) is 3. The zero-order chi connectivity index (χ0) is 21.3. The van der Waals surface area contributed by atoms with Crippen LogP contribution in [0.1, 0.15) is 43.6 Å². The molecular weight excluding hydrogens is 393 g/mol. The third-order valence-electron chi connectivity index (χ3n) is 5.93. The lowest BCUT2D eigenvalue weighted by Gasteiger charge is -2.30. The molecule has 0 saturated heterocycles. The highest BCUT2D eigenvalue weighted by atomic mass is 19.1. The first-order chi connectivity index (χ1) is 14.5. The van der Waals surface area contributed by atoms with Crippen LogP contribution < -0.4 is 5.32 Å². The van der Waals surface area contributed by atoms with E-state index in [2.05, 4.69) is 10.3 Å². The summed E-state index contributed by atoms with van der Waals surface area (Å²) < 4.78 is 40.8. The van der Waals surface area contributed by atoms with Crippen LogP contribution in [0.25, 0.3) is 22.2 Å². The zero-order valence-electron chi connectivity index (χ0n) is 16.3. The monoisotopic (exact) mass is 416 g/mol. The second-order valence-corrected chi connectivity index (χ2v) is 7.97. The van der Waals surface area contributed by atoms with Gasteiger partial charge < -0.3 is 15.4 Å². The molecule has 0 aliphatic heterocycles. The SMILES string of the molecule is Fc1ccc(-c2[nH]c3c(F)cc(F)cc3c2C2CCC2)cc1.O=CNC1CC(O)C1. The lowest BCUT2D eigenvalue weighted by atomic mass is 9.78. The molecule has 1 aromatic heterocycles. The van der Waals surface area contributed by atoms with Gasteiger partial charge >= 0.3 is 0 Å². The number of fused-ring (bicyclic) bond motifs is 1. The van der Waals surface area contributed by atoms with Crippen LogP contribution in [0.3, 0.4) is 0 Å². The normalized spacial score (nSPS) is 20.7. The summed E-state index contributed by atoms with van der Waals surface area (Å²) in [7, 11) is 0. The third-order valence-corrected chi connectivity index (χ3v) is 5.93. The minimum Gasteiger partial charge on any atom is -0.393 e. The maximum absolute atomic E-state index is 14.1. The number of aromatic nitrogens is 1. The maximum Gasteiger partial charge on any atom is 0.207 e. The first-order valence-electron chi connectivity index (χ1n) is 10.1. The number of halogens is 3. The average molecular weight is 416 g/mol. The molecule has 3 aromatic rings. The van der Waals surface area contributed by atoms with Crippen LogP contribution in [0.5, 0.6) is 0 Å². The fourth-order valence-electron chi connectivity index (χ4n) is 4.03. The Balaban J connectivity index is 0.000000230. The summed E-state index contributed by atoms with van der Waals surface area (Å²) in [6, 6.07) is 8.59. The van der Waals surface area contributed by atoms with E-state index in [0.29, 0.717) is 23.2 Å². The molecule has 30 heavy (non-hydrogen) atoms. The number of nitrogens with one attached hydrogen (secondary N) is 2. The van der Waals surface area contributed by atoms with Crippen molar-refractivity contribution < 1.29 is 23.1 Å². The van der Waals surface area contributed by atoms with Gasteiger partial charge in [0.25, 0.3) is 0 Å². The van der Waals surface area contributed by atoms with E-state index in [1.165, 1.54) is 18.2 Å². The number of rotatable bonds is 4. The van der Waals surface area contributed by atoms with Crippen LogP contribution in [-0.4, -0.2) is 28.6 Å². The molecule has 0 bridgehead atoms. The zero-order valence-corrected chi connectivity index (χ0v) is 16.3. The van der Waals surface area contributed by atoms with E-state index in [9.17, 15) is 18.0 Å². The Bertz CT molecular complexity index is 1040. The molecule has 0 radical (unpaired) electrons. The number of carbonyl (C=O) groups excluding carboxylic acids is 1. The number of H-pyrrole nitrogens is 1. The molecule has 1 amide bonds. The molecular formula is C23H23F3N2O2. The number of aromatic amines is 1. The van der Waals surface area contributed by atoms with Gasteiger partial charge in [-0.1, -0.05) is 6.42 Å². The predicted molar refractivity (Wildman–Crippen MR) is 108 cm³/mol. The lowest BCUT2D eigenvalue weighted by molar-refractivity contribution is -0.111. The van der Waals surface area contributed by atoms with Gasteiger partial charge in [-0.25, -0.2) is 13.2 Å². The van der Waals surface area contributed by atoms with Crippen molar-refractivity contribution in [3.63, 3.8) is 0 Å². The Morgan fingerprint density at radius 2 is 1.73 bits per heavy atom. The molecule has 0 spiro atoms. The summed E-state index contributed by atoms with van der Waals surface area (Å²) in [6.07, 6.45) is 5.09. The molecule has 2 fully saturated rings. The van der Waals surface area contributed by atoms with Crippen molar-refractivity contribution >= 4 is 17.3 Å². The summed E-state index contributed by atoms with van der Waals surface area (Å²) >= 11 is 0. The molecule has 3 N–H and O–H groups in total. The Morgan fingerprint density at radius 3 is 2.30 bits per heavy atom. The lowest BCUT2D eigenvalue weighted by Crippen LogP contribution is -2.43. The number of aliphatic hydroxyl groups is 1. The summed E-state index contributed by atoms with van der Waals surface area (Å²) in [4.78, 5) is 12.8. The van der Waals surface area contributed by atoms with Gasteiger partial charge in [-0.3, -0.25) is 4.79 Å². The van der Waals surface area contributed by atoms with Crippen LogP contribution in [0.15, 0.2) is 36.4 Å². The van der Waals surface area contributed by atoms with E-state index in [1.807, 2.05) is 0 Å². The topological polar surface area (TPSA) is 65.1 Å². The van der Waals surface area contributed by atoms with Gasteiger partial charge in [0, 0.05) is 17.5 Å². The largest absolute Gasteiger partial charge is 0.393 e. The van der Waals surface area contributed by atoms with E-state index in [0.717, 1.165) is 55.0 Å². The van der Waals surface area contributed by atoms with Crippen molar-refractivity contribution in [2.24, 2.45) is 0 Å². The first-order valence-corrected chi connectivity index (χ1v) is 10.1. The molecule has 0 unspecified atom stereocenters. The van der Waals surface area contributed by atoms with E-state index < -0.39 is 11.6 Å². The smallest absolute Gasteiger partial charge is 0.207 e. The van der Waals surface area contributed by atoms with Crippen molar-refractivity contribution in [1.29, 1.82) is 0 Å². The van der Waals surface area contributed by atoms with Gasteiger partial charge in [0.05, 0.1) is 17.3 Å². The molecule has 0 atom stereocenters. The summed E-state index contributed by atoms with van der Waals surface area (Å²) in [5.74, 6) is -1.18. The highest BCUT2D eigenvalue weighted by molar-refractivity contribution is 5.92. The van der Waals surface area contributed by atoms with Crippen molar-refractivity contribution in [3.05, 3.63) is 59.4 Å². The Kier molecular flexibility index (Phi) is 5.81. The average Bonchev–Trinajstić information content (AvgIpc) is 3.00.